The zero-order valence-corrected chi connectivity index (χ0v) is 13.8. The van der Waals surface area contributed by atoms with Gasteiger partial charge in [0.05, 0.1) is 19.3 Å². The minimum absolute atomic E-state index is 0.199. The quantitative estimate of drug-likeness (QED) is 0.557. The van der Waals surface area contributed by atoms with E-state index in [1.54, 1.807) is 0 Å². The molecule has 0 spiro atoms. The van der Waals surface area contributed by atoms with Crippen LogP contribution in [0.15, 0.2) is 12.7 Å². The van der Waals surface area contributed by atoms with Crippen LogP contribution in [0.3, 0.4) is 0 Å². The van der Waals surface area contributed by atoms with Gasteiger partial charge in [-0.3, -0.25) is 0 Å². The Balaban J connectivity index is 1.59. The lowest BCUT2D eigenvalue weighted by atomic mass is 9.72. The molecule has 0 aromatic carbocycles. The zero-order valence-electron chi connectivity index (χ0n) is 13.8. The molecule has 0 N–H and O–H groups in total. The minimum atomic E-state index is 0.199. The maximum Gasteiger partial charge on any atom is 0.0677 e. The summed E-state index contributed by atoms with van der Waals surface area (Å²) in [6.07, 6.45) is 8.22. The van der Waals surface area contributed by atoms with Gasteiger partial charge in [-0.1, -0.05) is 6.08 Å². The van der Waals surface area contributed by atoms with Gasteiger partial charge in [-0.15, -0.1) is 6.58 Å². The molecule has 0 aliphatic carbocycles. The molecular weight excluding hydrogens is 278 g/mol. The van der Waals surface area contributed by atoms with E-state index in [1.165, 1.54) is 38.8 Å². The van der Waals surface area contributed by atoms with E-state index in [-0.39, 0.29) is 5.41 Å². The molecule has 3 fully saturated rings. The maximum atomic E-state index is 6.10. The summed E-state index contributed by atoms with van der Waals surface area (Å²) >= 11 is 0. The van der Waals surface area contributed by atoms with Crippen molar-refractivity contribution in [3.05, 3.63) is 12.7 Å². The standard InChI is InChI=1S/C18H31NO3/c1-2-9-21-15-18-7-3-10-22-17(18)4-8-19(14-18)13-16-5-11-20-12-6-16/h2,16-17H,1,3-15H2. The van der Waals surface area contributed by atoms with E-state index in [4.69, 9.17) is 14.2 Å². The normalized spacial score (nSPS) is 34.3. The number of piperidine rings is 1. The molecule has 0 saturated carbocycles. The van der Waals surface area contributed by atoms with Crippen molar-refractivity contribution in [1.82, 2.24) is 4.90 Å². The maximum absolute atomic E-state index is 6.10. The largest absolute Gasteiger partial charge is 0.381 e. The molecule has 126 valence electrons. The third-order valence-electron chi connectivity index (χ3n) is 5.55. The third kappa shape index (κ3) is 3.91. The lowest BCUT2D eigenvalue weighted by Gasteiger charge is -2.51. The van der Waals surface area contributed by atoms with Gasteiger partial charge in [0.1, 0.15) is 0 Å². The summed E-state index contributed by atoms with van der Waals surface area (Å²) in [4.78, 5) is 2.67. The van der Waals surface area contributed by atoms with Crippen LogP contribution in [-0.4, -0.2) is 63.7 Å². The van der Waals surface area contributed by atoms with Crippen LogP contribution in [0.25, 0.3) is 0 Å². The van der Waals surface area contributed by atoms with Crippen LogP contribution in [0.5, 0.6) is 0 Å². The number of hydrogen-bond acceptors (Lipinski definition) is 4. The summed E-state index contributed by atoms with van der Waals surface area (Å²) in [5.41, 5.74) is 0.199. The number of nitrogens with zero attached hydrogens (tertiary/aromatic N) is 1. The lowest BCUT2D eigenvalue weighted by Crippen LogP contribution is -2.57. The number of ether oxygens (including phenoxy) is 3. The Morgan fingerprint density at radius 2 is 2.09 bits per heavy atom. The van der Waals surface area contributed by atoms with Crippen molar-refractivity contribution >= 4 is 0 Å². The highest BCUT2D eigenvalue weighted by Crippen LogP contribution is 2.40. The van der Waals surface area contributed by atoms with E-state index in [1.807, 2.05) is 6.08 Å². The Morgan fingerprint density at radius 1 is 1.23 bits per heavy atom. The van der Waals surface area contributed by atoms with Crippen molar-refractivity contribution in [2.24, 2.45) is 11.3 Å². The molecule has 2 unspecified atom stereocenters. The molecular formula is C18H31NO3. The summed E-state index contributed by atoms with van der Waals surface area (Å²) < 4.78 is 17.5. The number of likely N-dealkylation sites (tertiary alicyclic amines) is 1. The van der Waals surface area contributed by atoms with Crippen LogP contribution in [0.1, 0.15) is 32.1 Å². The van der Waals surface area contributed by atoms with E-state index in [0.717, 1.165) is 45.3 Å². The smallest absolute Gasteiger partial charge is 0.0677 e. The molecule has 3 aliphatic rings. The molecule has 0 amide bonds. The van der Waals surface area contributed by atoms with Crippen LogP contribution in [-0.2, 0) is 14.2 Å². The van der Waals surface area contributed by atoms with Gasteiger partial charge in [-0.05, 0) is 38.0 Å². The molecule has 0 aromatic rings. The van der Waals surface area contributed by atoms with Crippen molar-refractivity contribution in [3.63, 3.8) is 0 Å². The predicted octanol–water partition coefficient (Wildman–Crippen LogP) is 2.49. The molecule has 0 bridgehead atoms. The molecule has 4 heteroatoms. The van der Waals surface area contributed by atoms with Crippen molar-refractivity contribution in [2.75, 3.05) is 52.7 Å². The molecule has 22 heavy (non-hydrogen) atoms. The molecule has 0 radical (unpaired) electrons. The van der Waals surface area contributed by atoms with Gasteiger partial charge in [0.2, 0.25) is 0 Å². The highest BCUT2D eigenvalue weighted by atomic mass is 16.5. The Bertz CT molecular complexity index is 356. The first-order valence-corrected chi connectivity index (χ1v) is 8.93. The summed E-state index contributed by atoms with van der Waals surface area (Å²) in [7, 11) is 0. The Hall–Kier alpha value is -0.420. The Morgan fingerprint density at radius 3 is 2.91 bits per heavy atom. The fraction of sp³-hybridized carbons (Fsp3) is 0.889. The van der Waals surface area contributed by atoms with E-state index in [2.05, 4.69) is 11.5 Å². The first kappa shape index (κ1) is 16.4. The van der Waals surface area contributed by atoms with Gasteiger partial charge in [0.15, 0.2) is 0 Å². The summed E-state index contributed by atoms with van der Waals surface area (Å²) in [5, 5.41) is 0. The molecule has 3 aliphatic heterocycles. The Kier molecular flexibility index (Phi) is 5.91. The summed E-state index contributed by atoms with van der Waals surface area (Å²) in [5.74, 6) is 0.806. The van der Waals surface area contributed by atoms with Crippen molar-refractivity contribution in [2.45, 2.75) is 38.2 Å². The SMILES string of the molecule is C=CCOCC12CCCOC1CCN(CC1CCOCC1)C2. The van der Waals surface area contributed by atoms with Gasteiger partial charge in [-0.2, -0.15) is 0 Å². The molecule has 0 aromatic heterocycles. The molecule has 3 saturated heterocycles. The van der Waals surface area contributed by atoms with Crippen molar-refractivity contribution in [3.8, 4) is 0 Å². The topological polar surface area (TPSA) is 30.9 Å². The second-order valence-corrected chi connectivity index (χ2v) is 7.21. The van der Waals surface area contributed by atoms with Crippen LogP contribution < -0.4 is 0 Å². The van der Waals surface area contributed by atoms with E-state index in [0.29, 0.717) is 12.7 Å². The number of fused-ring (bicyclic) bond motifs is 1. The summed E-state index contributed by atoms with van der Waals surface area (Å²) in [6.45, 7) is 11.6. The van der Waals surface area contributed by atoms with Gasteiger partial charge in [0.25, 0.3) is 0 Å². The second-order valence-electron chi connectivity index (χ2n) is 7.21. The highest BCUT2D eigenvalue weighted by molar-refractivity contribution is 4.97. The van der Waals surface area contributed by atoms with Gasteiger partial charge >= 0.3 is 0 Å². The number of hydrogen-bond donors (Lipinski definition) is 0. The second kappa shape index (κ2) is 7.91. The van der Waals surface area contributed by atoms with Crippen LogP contribution in [0.2, 0.25) is 0 Å². The average molecular weight is 309 g/mol. The third-order valence-corrected chi connectivity index (χ3v) is 5.55. The molecule has 4 nitrogen and oxygen atoms in total. The molecule has 2 atom stereocenters. The predicted molar refractivity (Wildman–Crippen MR) is 87.0 cm³/mol. The van der Waals surface area contributed by atoms with E-state index >= 15 is 0 Å². The highest BCUT2D eigenvalue weighted by Gasteiger charge is 2.46. The molecule has 3 heterocycles. The van der Waals surface area contributed by atoms with E-state index < -0.39 is 0 Å². The fourth-order valence-corrected chi connectivity index (χ4v) is 4.39. The fourth-order valence-electron chi connectivity index (χ4n) is 4.39. The van der Waals surface area contributed by atoms with E-state index in [9.17, 15) is 0 Å². The van der Waals surface area contributed by atoms with Crippen LogP contribution in [0, 0.1) is 11.3 Å². The van der Waals surface area contributed by atoms with Crippen molar-refractivity contribution in [1.29, 1.82) is 0 Å². The zero-order chi connectivity index (χ0) is 15.3. The van der Waals surface area contributed by atoms with Crippen molar-refractivity contribution < 1.29 is 14.2 Å². The van der Waals surface area contributed by atoms with Gasteiger partial charge < -0.3 is 19.1 Å². The monoisotopic (exact) mass is 309 g/mol. The summed E-state index contributed by atoms with van der Waals surface area (Å²) in [6, 6.07) is 0. The average Bonchev–Trinajstić information content (AvgIpc) is 2.56. The molecule has 3 rings (SSSR count). The van der Waals surface area contributed by atoms with Gasteiger partial charge in [-0.25, -0.2) is 0 Å². The first-order valence-electron chi connectivity index (χ1n) is 8.93. The lowest BCUT2D eigenvalue weighted by molar-refractivity contribution is -0.152. The minimum Gasteiger partial charge on any atom is -0.381 e. The number of rotatable bonds is 6. The Labute approximate surface area is 134 Å². The van der Waals surface area contributed by atoms with Crippen LogP contribution in [0.4, 0.5) is 0 Å². The van der Waals surface area contributed by atoms with Crippen LogP contribution >= 0.6 is 0 Å². The van der Waals surface area contributed by atoms with Gasteiger partial charge in [0, 0.05) is 44.9 Å². The first-order chi connectivity index (χ1) is 10.8.